The lowest BCUT2D eigenvalue weighted by atomic mass is 10.1. The number of nitrogens with one attached hydrogen (secondary N) is 3. The highest BCUT2D eigenvalue weighted by atomic mass is 15.2. The average molecular weight is 342 g/mol. The fourth-order valence-corrected chi connectivity index (χ4v) is 3.43. The lowest BCUT2D eigenvalue weighted by Crippen LogP contribution is -2.49. The second-order valence-electron chi connectivity index (χ2n) is 6.71. The van der Waals surface area contributed by atoms with Gasteiger partial charge >= 0.3 is 0 Å². The molecule has 6 heteroatoms. The van der Waals surface area contributed by atoms with Gasteiger partial charge in [0.25, 0.3) is 0 Å². The maximum absolute atomic E-state index is 4.62. The van der Waals surface area contributed by atoms with Gasteiger partial charge in [0.05, 0.1) is 11.0 Å². The smallest absolute Gasteiger partial charge is 0.191 e. The third kappa shape index (κ3) is 4.95. The van der Waals surface area contributed by atoms with Crippen LogP contribution in [0.25, 0.3) is 11.0 Å². The number of aromatic amines is 1. The van der Waals surface area contributed by atoms with E-state index >= 15 is 0 Å². The Bertz CT molecular complexity index is 651. The summed E-state index contributed by atoms with van der Waals surface area (Å²) in [4.78, 5) is 14.9. The van der Waals surface area contributed by atoms with E-state index in [4.69, 9.17) is 0 Å². The van der Waals surface area contributed by atoms with Crippen LogP contribution in [0.2, 0.25) is 0 Å². The minimum atomic E-state index is 0.519. The van der Waals surface area contributed by atoms with Crippen LogP contribution in [0.5, 0.6) is 0 Å². The number of guanidine groups is 1. The molecule has 1 saturated heterocycles. The average Bonchev–Trinajstić information content (AvgIpc) is 3.05. The molecule has 1 aliphatic heterocycles. The van der Waals surface area contributed by atoms with E-state index in [-0.39, 0.29) is 0 Å². The maximum atomic E-state index is 4.62. The lowest BCUT2D eigenvalue weighted by Gasteiger charge is -2.32. The molecule has 25 heavy (non-hydrogen) atoms. The molecule has 0 atom stereocenters. The quantitative estimate of drug-likeness (QED) is 0.556. The summed E-state index contributed by atoms with van der Waals surface area (Å²) < 4.78 is 0. The van der Waals surface area contributed by atoms with Gasteiger partial charge in [0, 0.05) is 39.1 Å². The van der Waals surface area contributed by atoms with Crippen molar-refractivity contribution in [3.63, 3.8) is 0 Å². The molecule has 1 aromatic heterocycles. The molecule has 6 nitrogen and oxygen atoms in total. The van der Waals surface area contributed by atoms with Crippen molar-refractivity contribution in [2.24, 2.45) is 4.99 Å². The summed E-state index contributed by atoms with van der Waals surface area (Å²) in [6, 6.07) is 8.66. The number of aliphatic imine (C=N–C) groups is 1. The Balaban J connectivity index is 1.42. The first-order valence-corrected chi connectivity index (χ1v) is 9.41. The van der Waals surface area contributed by atoms with Gasteiger partial charge in [0.1, 0.15) is 5.82 Å². The number of H-pyrrole nitrogens is 1. The van der Waals surface area contributed by atoms with Gasteiger partial charge in [-0.2, -0.15) is 0 Å². The van der Waals surface area contributed by atoms with Crippen LogP contribution in [0.1, 0.15) is 32.0 Å². The zero-order valence-electron chi connectivity index (χ0n) is 15.4. The van der Waals surface area contributed by atoms with E-state index in [9.17, 15) is 0 Å². The molecule has 0 bridgehead atoms. The first-order chi connectivity index (χ1) is 12.3. The number of fused-ring (bicyclic) bond motifs is 1. The molecule has 0 aliphatic carbocycles. The molecule has 0 spiro atoms. The van der Waals surface area contributed by atoms with Crippen molar-refractivity contribution in [1.29, 1.82) is 0 Å². The Morgan fingerprint density at radius 1 is 1.32 bits per heavy atom. The Morgan fingerprint density at radius 3 is 2.84 bits per heavy atom. The maximum Gasteiger partial charge on any atom is 0.191 e. The normalized spacial score (nSPS) is 17.1. The Labute approximate surface area is 150 Å². The zero-order valence-corrected chi connectivity index (χ0v) is 15.4. The topological polar surface area (TPSA) is 68.3 Å². The van der Waals surface area contributed by atoms with E-state index < -0.39 is 0 Å². The van der Waals surface area contributed by atoms with Gasteiger partial charge in [-0.15, -0.1) is 0 Å². The first-order valence-electron chi connectivity index (χ1n) is 9.41. The van der Waals surface area contributed by atoms with Crippen molar-refractivity contribution in [2.45, 2.75) is 38.6 Å². The fraction of sp³-hybridized carbons (Fsp3) is 0.579. The summed E-state index contributed by atoms with van der Waals surface area (Å²) in [6.45, 7) is 6.65. The number of rotatable bonds is 6. The molecule has 2 aromatic rings. The Hall–Kier alpha value is -2.08. The van der Waals surface area contributed by atoms with Crippen molar-refractivity contribution in [3.05, 3.63) is 30.1 Å². The molecule has 0 saturated carbocycles. The van der Waals surface area contributed by atoms with Crippen LogP contribution in [0.15, 0.2) is 29.3 Å². The molecule has 3 rings (SSSR count). The number of nitrogens with zero attached hydrogens (tertiary/aromatic N) is 3. The number of aromatic nitrogens is 2. The second kappa shape index (κ2) is 8.85. The van der Waals surface area contributed by atoms with Gasteiger partial charge in [-0.25, -0.2) is 4.98 Å². The zero-order chi connectivity index (χ0) is 17.5. The summed E-state index contributed by atoms with van der Waals surface area (Å²) in [5, 5.41) is 6.97. The second-order valence-corrected chi connectivity index (χ2v) is 6.71. The number of benzene rings is 1. The highest BCUT2D eigenvalue weighted by Crippen LogP contribution is 2.11. The van der Waals surface area contributed by atoms with Crippen molar-refractivity contribution in [1.82, 2.24) is 25.5 Å². The van der Waals surface area contributed by atoms with Crippen LogP contribution in [0, 0.1) is 0 Å². The predicted octanol–water partition coefficient (Wildman–Crippen LogP) is 2.14. The van der Waals surface area contributed by atoms with Crippen LogP contribution in [0.4, 0.5) is 0 Å². The molecular weight excluding hydrogens is 312 g/mol. The van der Waals surface area contributed by atoms with E-state index in [0.29, 0.717) is 6.04 Å². The van der Waals surface area contributed by atoms with Crippen LogP contribution >= 0.6 is 0 Å². The molecule has 1 aliphatic rings. The van der Waals surface area contributed by atoms with E-state index in [1.807, 2.05) is 25.2 Å². The summed E-state index contributed by atoms with van der Waals surface area (Å²) in [6.07, 6.45) is 4.46. The monoisotopic (exact) mass is 342 g/mol. The standard InChI is InChI=1S/C19H30N6/c1-3-12-25-13-9-15(10-14-25)22-19(20-2)21-11-8-18-23-16-6-4-5-7-17(16)24-18/h4-7,15H,3,8-14H2,1-2H3,(H,23,24)(H2,20,21,22). The van der Waals surface area contributed by atoms with E-state index in [2.05, 4.69) is 43.5 Å². The largest absolute Gasteiger partial charge is 0.356 e. The highest BCUT2D eigenvalue weighted by Gasteiger charge is 2.19. The molecule has 0 radical (unpaired) electrons. The molecule has 2 heterocycles. The fourth-order valence-electron chi connectivity index (χ4n) is 3.43. The highest BCUT2D eigenvalue weighted by molar-refractivity contribution is 5.80. The van der Waals surface area contributed by atoms with Crippen molar-refractivity contribution in [3.8, 4) is 0 Å². The van der Waals surface area contributed by atoms with Crippen molar-refractivity contribution in [2.75, 3.05) is 33.2 Å². The van der Waals surface area contributed by atoms with Crippen molar-refractivity contribution < 1.29 is 0 Å². The number of para-hydroxylation sites is 2. The van der Waals surface area contributed by atoms with Gasteiger partial charge in [-0.3, -0.25) is 4.99 Å². The molecule has 1 aromatic carbocycles. The van der Waals surface area contributed by atoms with E-state index in [1.165, 1.54) is 38.9 Å². The number of likely N-dealkylation sites (tertiary alicyclic amines) is 1. The van der Waals surface area contributed by atoms with Gasteiger partial charge in [0.2, 0.25) is 0 Å². The summed E-state index contributed by atoms with van der Waals surface area (Å²) in [5.74, 6) is 1.90. The van der Waals surface area contributed by atoms with Gasteiger partial charge in [0.15, 0.2) is 5.96 Å². The minimum Gasteiger partial charge on any atom is -0.356 e. The number of piperidine rings is 1. The number of hydrogen-bond donors (Lipinski definition) is 3. The number of imidazole rings is 1. The third-order valence-electron chi connectivity index (χ3n) is 4.78. The molecule has 1 fully saturated rings. The van der Waals surface area contributed by atoms with Gasteiger partial charge < -0.3 is 20.5 Å². The minimum absolute atomic E-state index is 0.519. The van der Waals surface area contributed by atoms with Crippen LogP contribution < -0.4 is 10.6 Å². The van der Waals surface area contributed by atoms with E-state index in [1.54, 1.807) is 0 Å². The van der Waals surface area contributed by atoms with Crippen LogP contribution in [-0.2, 0) is 6.42 Å². The van der Waals surface area contributed by atoms with Crippen LogP contribution in [0.3, 0.4) is 0 Å². The molecule has 0 amide bonds. The molecule has 136 valence electrons. The number of hydrogen-bond acceptors (Lipinski definition) is 3. The summed E-state index contributed by atoms with van der Waals surface area (Å²) >= 11 is 0. The van der Waals surface area contributed by atoms with Crippen molar-refractivity contribution >= 4 is 17.0 Å². The van der Waals surface area contributed by atoms with Gasteiger partial charge in [-0.1, -0.05) is 19.1 Å². The van der Waals surface area contributed by atoms with Crippen LogP contribution in [-0.4, -0.2) is 60.1 Å². The molecule has 0 unspecified atom stereocenters. The third-order valence-corrected chi connectivity index (χ3v) is 4.78. The van der Waals surface area contributed by atoms with E-state index in [0.717, 1.165) is 35.8 Å². The molecule has 3 N–H and O–H groups in total. The summed E-state index contributed by atoms with van der Waals surface area (Å²) in [5.41, 5.74) is 2.12. The lowest BCUT2D eigenvalue weighted by molar-refractivity contribution is 0.206. The van der Waals surface area contributed by atoms with Gasteiger partial charge in [-0.05, 0) is 37.9 Å². The predicted molar refractivity (Wildman–Crippen MR) is 104 cm³/mol. The first kappa shape index (κ1) is 17.7. The molecular formula is C19H30N6. The Kier molecular flexibility index (Phi) is 6.28. The SMILES string of the molecule is CCCN1CCC(NC(=NC)NCCc2nc3ccccc3[nH]2)CC1. The Morgan fingerprint density at radius 2 is 2.12 bits per heavy atom. The summed E-state index contributed by atoms with van der Waals surface area (Å²) in [7, 11) is 1.84.